The van der Waals surface area contributed by atoms with E-state index < -0.39 is 12.1 Å². The van der Waals surface area contributed by atoms with Gasteiger partial charge in [-0.05, 0) is 36.8 Å². The van der Waals surface area contributed by atoms with Crippen LogP contribution in [0.2, 0.25) is 0 Å². The molecule has 0 aromatic heterocycles. The Bertz CT molecular complexity index is 818. The van der Waals surface area contributed by atoms with Crippen molar-refractivity contribution in [3.8, 4) is 0 Å². The van der Waals surface area contributed by atoms with Crippen LogP contribution in [0.15, 0.2) is 60.7 Å². The third-order valence-corrected chi connectivity index (χ3v) is 7.10. The van der Waals surface area contributed by atoms with Crippen molar-refractivity contribution in [1.82, 2.24) is 21.3 Å². The lowest BCUT2D eigenvalue weighted by Crippen LogP contribution is -2.50. The molecule has 2 fully saturated rings. The zero-order valence-corrected chi connectivity index (χ0v) is 20.0. The molecular formula is C28H38N4O2. The van der Waals surface area contributed by atoms with Crippen LogP contribution in [0.5, 0.6) is 0 Å². The van der Waals surface area contributed by atoms with E-state index in [-0.39, 0.29) is 24.1 Å². The number of amides is 4. The first-order valence-corrected chi connectivity index (χ1v) is 12.9. The predicted octanol–water partition coefficient (Wildman–Crippen LogP) is 5.73. The molecule has 0 bridgehead atoms. The molecule has 4 rings (SSSR count). The quantitative estimate of drug-likeness (QED) is 0.424. The van der Waals surface area contributed by atoms with Gasteiger partial charge in [0.15, 0.2) is 0 Å². The van der Waals surface area contributed by atoms with Crippen molar-refractivity contribution in [2.75, 3.05) is 0 Å². The van der Waals surface area contributed by atoms with E-state index in [2.05, 4.69) is 21.3 Å². The van der Waals surface area contributed by atoms with Crippen molar-refractivity contribution in [2.45, 2.75) is 88.4 Å². The Kier molecular flexibility index (Phi) is 8.83. The number of hydrogen-bond donors (Lipinski definition) is 4. The molecule has 6 nitrogen and oxygen atoms in total. The molecule has 6 heteroatoms. The van der Waals surface area contributed by atoms with Gasteiger partial charge >= 0.3 is 12.1 Å². The standard InChI is InChI=1S/C28H38N4O2/c33-27(29-23-17-9-3-10-18-23)31-25(21-13-5-1-6-14-21)26(22-15-7-2-8-16-22)32-28(34)30-24-19-11-4-12-20-24/h1-2,5-8,13-16,23-26H,3-4,9-12,17-20H2,(H2,29,31,33)(H2,30,32,34). The van der Waals surface area contributed by atoms with Crippen LogP contribution in [0, 0.1) is 0 Å². The van der Waals surface area contributed by atoms with Crippen LogP contribution in [0.4, 0.5) is 9.59 Å². The highest BCUT2D eigenvalue weighted by atomic mass is 16.2. The van der Waals surface area contributed by atoms with Gasteiger partial charge in [-0.1, -0.05) is 99.2 Å². The highest BCUT2D eigenvalue weighted by Gasteiger charge is 2.29. The molecule has 4 N–H and O–H groups in total. The number of carbonyl (C=O) groups excluding carboxylic acids is 2. The Hall–Kier alpha value is -3.02. The molecular weight excluding hydrogens is 424 g/mol. The number of benzene rings is 2. The molecule has 2 aliphatic rings. The van der Waals surface area contributed by atoms with Crippen molar-refractivity contribution in [1.29, 1.82) is 0 Å². The summed E-state index contributed by atoms with van der Waals surface area (Å²) in [6, 6.07) is 19.0. The van der Waals surface area contributed by atoms with Crippen molar-refractivity contribution in [2.24, 2.45) is 0 Å². The third kappa shape index (κ3) is 6.99. The van der Waals surface area contributed by atoms with Crippen molar-refractivity contribution >= 4 is 12.1 Å². The Labute approximate surface area is 203 Å². The topological polar surface area (TPSA) is 82.3 Å². The molecule has 0 heterocycles. The number of carbonyl (C=O) groups is 2. The van der Waals surface area contributed by atoms with Crippen LogP contribution in [-0.2, 0) is 0 Å². The maximum atomic E-state index is 13.1. The van der Waals surface area contributed by atoms with E-state index >= 15 is 0 Å². The summed E-state index contributed by atoms with van der Waals surface area (Å²) in [6.07, 6.45) is 11.2. The summed E-state index contributed by atoms with van der Waals surface area (Å²) in [6.45, 7) is 0. The first-order chi connectivity index (χ1) is 16.7. The lowest BCUT2D eigenvalue weighted by atomic mass is 9.93. The number of rotatable bonds is 7. The summed E-state index contributed by atoms with van der Waals surface area (Å²) in [5.74, 6) is 0. The van der Waals surface area contributed by atoms with Gasteiger partial charge in [0.1, 0.15) is 0 Å². The molecule has 2 atom stereocenters. The second kappa shape index (κ2) is 12.4. The van der Waals surface area contributed by atoms with Crippen molar-refractivity contribution in [3.63, 3.8) is 0 Å². The van der Waals surface area contributed by atoms with Gasteiger partial charge in [-0.3, -0.25) is 0 Å². The summed E-state index contributed by atoms with van der Waals surface area (Å²) < 4.78 is 0. The number of hydrogen-bond acceptors (Lipinski definition) is 2. The van der Waals surface area contributed by atoms with Crippen LogP contribution in [-0.4, -0.2) is 24.1 Å². The summed E-state index contributed by atoms with van der Waals surface area (Å²) in [7, 11) is 0. The van der Waals surface area contributed by atoms with Gasteiger partial charge in [-0.15, -0.1) is 0 Å². The first kappa shape index (κ1) is 24.1. The molecule has 182 valence electrons. The summed E-state index contributed by atoms with van der Waals surface area (Å²) in [5.41, 5.74) is 1.90. The highest BCUT2D eigenvalue weighted by Crippen LogP contribution is 2.29. The zero-order valence-electron chi connectivity index (χ0n) is 20.0. The number of nitrogens with one attached hydrogen (secondary N) is 4. The monoisotopic (exact) mass is 462 g/mol. The molecule has 4 amide bonds. The smallest absolute Gasteiger partial charge is 0.315 e. The fourth-order valence-corrected chi connectivity index (χ4v) is 5.27. The fraction of sp³-hybridized carbons (Fsp3) is 0.500. The van der Waals surface area contributed by atoms with E-state index in [0.717, 1.165) is 62.5 Å². The average molecular weight is 463 g/mol. The number of urea groups is 2. The minimum atomic E-state index is -0.413. The summed E-state index contributed by atoms with van der Waals surface area (Å²) in [4.78, 5) is 26.2. The molecule has 0 spiro atoms. The molecule has 2 saturated carbocycles. The second-order valence-electron chi connectivity index (χ2n) is 9.68. The van der Waals surface area contributed by atoms with E-state index in [0.29, 0.717) is 0 Å². The van der Waals surface area contributed by atoms with Gasteiger partial charge in [0.2, 0.25) is 0 Å². The minimum absolute atomic E-state index is 0.184. The molecule has 2 aromatic carbocycles. The molecule has 0 aliphatic heterocycles. The predicted molar refractivity (Wildman–Crippen MR) is 135 cm³/mol. The van der Waals surface area contributed by atoms with Gasteiger partial charge in [0.05, 0.1) is 12.1 Å². The first-order valence-electron chi connectivity index (χ1n) is 12.9. The molecule has 2 unspecified atom stereocenters. The van der Waals surface area contributed by atoms with E-state index in [9.17, 15) is 9.59 Å². The molecule has 0 saturated heterocycles. The second-order valence-corrected chi connectivity index (χ2v) is 9.68. The van der Waals surface area contributed by atoms with Gasteiger partial charge < -0.3 is 21.3 Å². The van der Waals surface area contributed by atoms with Gasteiger partial charge in [-0.25, -0.2) is 9.59 Å². The molecule has 0 radical (unpaired) electrons. The average Bonchev–Trinajstić information content (AvgIpc) is 2.88. The van der Waals surface area contributed by atoms with Gasteiger partial charge in [0.25, 0.3) is 0 Å². The van der Waals surface area contributed by atoms with Crippen LogP contribution in [0.1, 0.15) is 87.4 Å². The molecule has 2 aliphatic carbocycles. The molecule has 2 aromatic rings. The minimum Gasteiger partial charge on any atom is -0.335 e. The normalized spacial score (nSPS) is 18.9. The largest absolute Gasteiger partial charge is 0.335 e. The fourth-order valence-electron chi connectivity index (χ4n) is 5.27. The maximum absolute atomic E-state index is 13.1. The Morgan fingerprint density at radius 1 is 0.559 bits per heavy atom. The maximum Gasteiger partial charge on any atom is 0.315 e. The van der Waals surface area contributed by atoms with Crippen molar-refractivity contribution < 1.29 is 9.59 Å². The van der Waals surface area contributed by atoms with E-state index in [1.54, 1.807) is 0 Å². The van der Waals surface area contributed by atoms with Gasteiger partial charge in [0, 0.05) is 12.1 Å². The lowest BCUT2D eigenvalue weighted by Gasteiger charge is -2.32. The van der Waals surface area contributed by atoms with Crippen LogP contribution < -0.4 is 21.3 Å². The Balaban J connectivity index is 1.54. The molecule has 34 heavy (non-hydrogen) atoms. The van der Waals surface area contributed by atoms with E-state index in [4.69, 9.17) is 0 Å². The SMILES string of the molecule is O=C(NC1CCCCC1)NC(c1ccccc1)C(NC(=O)NC1CCCCC1)c1ccccc1. The highest BCUT2D eigenvalue weighted by molar-refractivity contribution is 5.77. The third-order valence-electron chi connectivity index (χ3n) is 7.10. The van der Waals surface area contributed by atoms with Crippen LogP contribution in [0.3, 0.4) is 0 Å². The van der Waals surface area contributed by atoms with Crippen molar-refractivity contribution in [3.05, 3.63) is 71.8 Å². The Morgan fingerprint density at radius 2 is 0.912 bits per heavy atom. The summed E-state index contributed by atoms with van der Waals surface area (Å²) in [5, 5.41) is 12.7. The summed E-state index contributed by atoms with van der Waals surface area (Å²) >= 11 is 0. The van der Waals surface area contributed by atoms with E-state index in [1.165, 1.54) is 12.8 Å². The van der Waals surface area contributed by atoms with Gasteiger partial charge in [-0.2, -0.15) is 0 Å². The zero-order chi connectivity index (χ0) is 23.6. The lowest BCUT2D eigenvalue weighted by molar-refractivity contribution is 0.216. The van der Waals surface area contributed by atoms with Crippen LogP contribution >= 0.6 is 0 Å². The Morgan fingerprint density at radius 3 is 1.26 bits per heavy atom. The van der Waals surface area contributed by atoms with Crippen LogP contribution in [0.25, 0.3) is 0 Å². The van der Waals surface area contributed by atoms with E-state index in [1.807, 2.05) is 60.7 Å².